The van der Waals surface area contributed by atoms with Gasteiger partial charge in [-0.2, -0.15) is 0 Å². The Morgan fingerprint density at radius 1 is 0.960 bits per heavy atom. The molecule has 2 aromatic rings. The highest BCUT2D eigenvalue weighted by Gasteiger charge is 2.13. The number of rotatable bonds is 6. The predicted molar refractivity (Wildman–Crippen MR) is 97.4 cm³/mol. The zero-order valence-corrected chi connectivity index (χ0v) is 14.8. The summed E-state index contributed by atoms with van der Waals surface area (Å²) in [5, 5.41) is 5.58. The number of amides is 2. The minimum atomic E-state index is -0.313. The second kappa shape index (κ2) is 8.19. The van der Waals surface area contributed by atoms with Gasteiger partial charge in [-0.15, -0.1) is 0 Å². The molecule has 6 nitrogen and oxygen atoms in total. The van der Waals surface area contributed by atoms with Crippen LogP contribution in [0.4, 0.5) is 11.4 Å². The molecule has 2 aromatic carbocycles. The Hall–Kier alpha value is -3.02. The Labute approximate surface area is 147 Å². The maximum atomic E-state index is 12.5. The summed E-state index contributed by atoms with van der Waals surface area (Å²) in [5.41, 5.74) is 1.50. The van der Waals surface area contributed by atoms with E-state index in [1.54, 1.807) is 63.4 Å². The Morgan fingerprint density at radius 3 is 2.36 bits per heavy atom. The third kappa shape index (κ3) is 4.73. The van der Waals surface area contributed by atoms with Crippen LogP contribution in [0, 0.1) is 5.92 Å². The highest BCUT2D eigenvalue weighted by Crippen LogP contribution is 2.29. The fraction of sp³-hybridized carbons (Fsp3) is 0.263. The molecule has 0 saturated heterocycles. The van der Waals surface area contributed by atoms with E-state index in [1.165, 1.54) is 7.11 Å². The van der Waals surface area contributed by atoms with E-state index in [2.05, 4.69) is 10.6 Å². The molecule has 0 bridgehead atoms. The molecule has 2 amide bonds. The zero-order chi connectivity index (χ0) is 18.4. The quantitative estimate of drug-likeness (QED) is 0.842. The number of carbonyl (C=O) groups excluding carboxylic acids is 2. The van der Waals surface area contributed by atoms with Crippen molar-refractivity contribution in [3.05, 3.63) is 48.0 Å². The van der Waals surface area contributed by atoms with Gasteiger partial charge in [0.25, 0.3) is 5.91 Å². The van der Waals surface area contributed by atoms with E-state index in [1.807, 2.05) is 0 Å². The van der Waals surface area contributed by atoms with Gasteiger partial charge in [0.05, 0.1) is 19.9 Å². The first kappa shape index (κ1) is 18.3. The molecule has 6 heteroatoms. The normalized spacial score (nSPS) is 10.3. The summed E-state index contributed by atoms with van der Waals surface area (Å²) in [4.78, 5) is 24.3. The van der Waals surface area contributed by atoms with Crippen LogP contribution in [0.25, 0.3) is 0 Å². The van der Waals surface area contributed by atoms with Crippen molar-refractivity contribution < 1.29 is 19.1 Å². The molecule has 0 unspecified atom stereocenters. The molecule has 0 heterocycles. The van der Waals surface area contributed by atoms with E-state index in [-0.39, 0.29) is 17.7 Å². The van der Waals surface area contributed by atoms with Gasteiger partial charge in [-0.05, 0) is 30.3 Å². The summed E-state index contributed by atoms with van der Waals surface area (Å²) < 4.78 is 10.4. The fourth-order valence-electron chi connectivity index (χ4n) is 2.13. The molecule has 0 fully saturated rings. The number of anilines is 2. The van der Waals surface area contributed by atoms with E-state index < -0.39 is 0 Å². The maximum Gasteiger partial charge on any atom is 0.255 e. The van der Waals surface area contributed by atoms with E-state index in [0.717, 1.165) is 0 Å². The lowest BCUT2D eigenvalue weighted by Gasteiger charge is -2.13. The summed E-state index contributed by atoms with van der Waals surface area (Å²) >= 11 is 0. The van der Waals surface area contributed by atoms with Crippen LogP contribution in [0.15, 0.2) is 42.5 Å². The molecule has 25 heavy (non-hydrogen) atoms. The molecule has 0 aliphatic heterocycles. The van der Waals surface area contributed by atoms with Gasteiger partial charge in [-0.3, -0.25) is 9.59 Å². The summed E-state index contributed by atoms with van der Waals surface area (Å²) in [5.74, 6) is 0.574. The summed E-state index contributed by atoms with van der Waals surface area (Å²) in [6, 6.07) is 11.9. The van der Waals surface area contributed by atoms with Gasteiger partial charge in [-0.25, -0.2) is 0 Å². The lowest BCUT2D eigenvalue weighted by Crippen LogP contribution is -2.18. The molecule has 0 aromatic heterocycles. The van der Waals surface area contributed by atoms with E-state index in [4.69, 9.17) is 9.47 Å². The van der Waals surface area contributed by atoms with Gasteiger partial charge in [0.2, 0.25) is 5.91 Å². The van der Waals surface area contributed by atoms with Gasteiger partial charge in [0.15, 0.2) is 0 Å². The highest BCUT2D eigenvalue weighted by atomic mass is 16.5. The number of hydrogen-bond acceptors (Lipinski definition) is 4. The van der Waals surface area contributed by atoms with E-state index in [0.29, 0.717) is 28.4 Å². The van der Waals surface area contributed by atoms with Gasteiger partial charge in [0, 0.05) is 23.2 Å². The van der Waals surface area contributed by atoms with Crippen molar-refractivity contribution in [1.82, 2.24) is 0 Å². The largest absolute Gasteiger partial charge is 0.497 e. The van der Waals surface area contributed by atoms with Crippen molar-refractivity contribution in [2.75, 3.05) is 24.9 Å². The van der Waals surface area contributed by atoms with Crippen molar-refractivity contribution >= 4 is 23.2 Å². The third-order valence-electron chi connectivity index (χ3n) is 3.57. The van der Waals surface area contributed by atoms with E-state index >= 15 is 0 Å². The van der Waals surface area contributed by atoms with Crippen molar-refractivity contribution in [1.29, 1.82) is 0 Å². The van der Waals surface area contributed by atoms with Crippen LogP contribution >= 0.6 is 0 Å². The van der Waals surface area contributed by atoms with Crippen molar-refractivity contribution in [2.45, 2.75) is 13.8 Å². The predicted octanol–water partition coefficient (Wildman–Crippen LogP) is 3.55. The van der Waals surface area contributed by atoms with Crippen LogP contribution in [0.3, 0.4) is 0 Å². The first-order chi connectivity index (χ1) is 11.9. The van der Waals surface area contributed by atoms with Gasteiger partial charge < -0.3 is 20.1 Å². The molecular weight excluding hydrogens is 320 g/mol. The molecule has 0 aliphatic rings. The van der Waals surface area contributed by atoms with Gasteiger partial charge in [0.1, 0.15) is 11.5 Å². The third-order valence-corrected chi connectivity index (χ3v) is 3.57. The lowest BCUT2D eigenvalue weighted by atomic mass is 10.1. The lowest BCUT2D eigenvalue weighted by molar-refractivity contribution is -0.118. The Balaban J connectivity index is 2.20. The summed E-state index contributed by atoms with van der Waals surface area (Å²) in [7, 11) is 3.08. The Kier molecular flexibility index (Phi) is 6.00. The second-order valence-electron chi connectivity index (χ2n) is 5.75. The van der Waals surface area contributed by atoms with Crippen molar-refractivity contribution in [2.24, 2.45) is 5.92 Å². The second-order valence-corrected chi connectivity index (χ2v) is 5.75. The SMILES string of the molecule is COc1ccc(OC)c(NC(=O)c2cccc(NC(=O)C(C)C)c2)c1. The Morgan fingerprint density at radius 2 is 1.72 bits per heavy atom. The average Bonchev–Trinajstić information content (AvgIpc) is 2.61. The van der Waals surface area contributed by atoms with Crippen molar-refractivity contribution in [3.63, 3.8) is 0 Å². The molecule has 2 N–H and O–H groups in total. The first-order valence-electron chi connectivity index (χ1n) is 7.89. The first-order valence-corrected chi connectivity index (χ1v) is 7.89. The number of methoxy groups -OCH3 is 2. The van der Waals surface area contributed by atoms with Crippen molar-refractivity contribution in [3.8, 4) is 11.5 Å². The molecule has 0 spiro atoms. The number of benzene rings is 2. The van der Waals surface area contributed by atoms with Crippen LogP contribution < -0.4 is 20.1 Å². The summed E-state index contributed by atoms with van der Waals surface area (Å²) in [6.07, 6.45) is 0. The topological polar surface area (TPSA) is 76.7 Å². The molecule has 2 rings (SSSR count). The van der Waals surface area contributed by atoms with Gasteiger partial charge in [-0.1, -0.05) is 19.9 Å². The molecule has 0 radical (unpaired) electrons. The van der Waals surface area contributed by atoms with Crippen LogP contribution in [0.1, 0.15) is 24.2 Å². The number of ether oxygens (including phenoxy) is 2. The van der Waals surface area contributed by atoms with E-state index in [9.17, 15) is 9.59 Å². The van der Waals surface area contributed by atoms with Crippen LogP contribution in [-0.4, -0.2) is 26.0 Å². The molecular formula is C19H22N2O4. The molecule has 0 saturated carbocycles. The Bertz CT molecular complexity index is 772. The standard InChI is InChI=1S/C19H22N2O4/c1-12(2)18(22)20-14-7-5-6-13(10-14)19(23)21-16-11-15(24-3)8-9-17(16)25-4/h5-12H,1-4H3,(H,20,22)(H,21,23). The zero-order valence-electron chi connectivity index (χ0n) is 14.8. The maximum absolute atomic E-state index is 12.5. The number of hydrogen-bond donors (Lipinski definition) is 2. The molecule has 0 aliphatic carbocycles. The molecule has 132 valence electrons. The van der Waals surface area contributed by atoms with Gasteiger partial charge >= 0.3 is 0 Å². The minimum Gasteiger partial charge on any atom is -0.497 e. The smallest absolute Gasteiger partial charge is 0.255 e. The van der Waals surface area contributed by atoms with Crippen LogP contribution in [-0.2, 0) is 4.79 Å². The van der Waals surface area contributed by atoms with Crippen LogP contribution in [0.2, 0.25) is 0 Å². The minimum absolute atomic E-state index is 0.105. The monoisotopic (exact) mass is 342 g/mol. The van der Waals surface area contributed by atoms with Crippen LogP contribution in [0.5, 0.6) is 11.5 Å². The summed E-state index contributed by atoms with van der Waals surface area (Å²) in [6.45, 7) is 3.61. The number of carbonyl (C=O) groups is 2. The number of nitrogens with one attached hydrogen (secondary N) is 2. The average molecular weight is 342 g/mol. The molecule has 0 atom stereocenters. The highest BCUT2D eigenvalue weighted by molar-refractivity contribution is 6.06. The fourth-order valence-corrected chi connectivity index (χ4v) is 2.13.